The summed E-state index contributed by atoms with van der Waals surface area (Å²) in [5.41, 5.74) is 0.880. The molecule has 0 aromatic carbocycles. The van der Waals surface area contributed by atoms with E-state index in [1.54, 1.807) is 4.90 Å². The molecule has 0 heterocycles. The number of esters is 1. The standard InChI is InChI=1S/C51H89N3O7/c1-15-37(33(2)3)17-16-34(4)41-20-21-42-40-19-18-38-32-39(24-28-50(38,13)43(40)25-29-51(41,42)14)59-45(56)23-22-44(55)54(30-26-35(5)52-46(57)60-48(7,8)9)31-27-36(6)53-47(58)61-49(10,11)12/h18,33-37,39-43H,15-17,19-32H2,1-14H3,(H,52,57)(H,53,58)/t34?,35?,36?,37?,39-,40-,41+,42-,43-,50-,51+/m0/s1. The molecule has 0 saturated heterocycles. The van der Waals surface area contributed by atoms with Crippen LogP contribution in [0.1, 0.15) is 193 Å². The van der Waals surface area contributed by atoms with Gasteiger partial charge in [0.2, 0.25) is 5.91 Å². The Labute approximate surface area is 371 Å². The largest absolute Gasteiger partial charge is 0.462 e. The highest BCUT2D eigenvalue weighted by molar-refractivity contribution is 5.81. The Morgan fingerprint density at radius 1 is 0.770 bits per heavy atom. The summed E-state index contributed by atoms with van der Waals surface area (Å²) in [6.07, 6.45) is 15.8. The number of alkyl carbamates (subject to hydrolysis) is 2. The van der Waals surface area contributed by atoms with Gasteiger partial charge in [0, 0.05) is 38.0 Å². The minimum Gasteiger partial charge on any atom is -0.462 e. The van der Waals surface area contributed by atoms with Crippen LogP contribution in [-0.4, -0.2) is 71.4 Å². The number of hydrogen-bond acceptors (Lipinski definition) is 7. The third-order valence-corrected chi connectivity index (χ3v) is 15.7. The Morgan fingerprint density at radius 2 is 1.36 bits per heavy atom. The first-order valence-corrected chi connectivity index (χ1v) is 24.5. The molecule has 350 valence electrons. The van der Waals surface area contributed by atoms with Crippen LogP contribution in [-0.2, 0) is 23.8 Å². The zero-order valence-corrected chi connectivity index (χ0v) is 41.2. The van der Waals surface area contributed by atoms with Crippen molar-refractivity contribution in [2.75, 3.05) is 13.1 Å². The number of carbonyl (C=O) groups excluding carboxylic acids is 4. The number of fused-ring (bicyclic) bond motifs is 5. The summed E-state index contributed by atoms with van der Waals surface area (Å²) in [4.78, 5) is 53.5. The maximum Gasteiger partial charge on any atom is 0.407 e. The molecule has 0 aliphatic heterocycles. The molecule has 3 saturated carbocycles. The molecule has 0 radical (unpaired) electrons. The molecule has 3 amide bonds. The second-order valence-electron chi connectivity index (χ2n) is 22.9. The highest BCUT2D eigenvalue weighted by atomic mass is 16.6. The first-order valence-electron chi connectivity index (χ1n) is 24.5. The zero-order valence-electron chi connectivity index (χ0n) is 41.2. The Bertz CT molecular complexity index is 1470. The first-order chi connectivity index (χ1) is 28.3. The smallest absolute Gasteiger partial charge is 0.407 e. The zero-order chi connectivity index (χ0) is 45.5. The third-order valence-electron chi connectivity index (χ3n) is 15.7. The van der Waals surface area contributed by atoms with E-state index in [2.05, 4.69) is 58.3 Å². The summed E-state index contributed by atoms with van der Waals surface area (Å²) in [5, 5.41) is 5.71. The van der Waals surface area contributed by atoms with Gasteiger partial charge in [-0.2, -0.15) is 0 Å². The van der Waals surface area contributed by atoms with Crippen molar-refractivity contribution in [2.45, 2.75) is 223 Å². The Morgan fingerprint density at radius 3 is 1.90 bits per heavy atom. The molecule has 2 N–H and O–H groups in total. The van der Waals surface area contributed by atoms with E-state index in [1.165, 1.54) is 50.5 Å². The summed E-state index contributed by atoms with van der Waals surface area (Å²) in [6.45, 7) is 30.3. The molecular formula is C51H89N3O7. The van der Waals surface area contributed by atoms with Crippen LogP contribution < -0.4 is 10.6 Å². The number of allylic oxidation sites excluding steroid dienone is 1. The normalized spacial score (nSPS) is 29.4. The van der Waals surface area contributed by atoms with E-state index in [9.17, 15) is 19.2 Å². The van der Waals surface area contributed by atoms with Gasteiger partial charge in [-0.1, -0.05) is 66.0 Å². The van der Waals surface area contributed by atoms with E-state index in [0.717, 1.165) is 61.2 Å². The molecule has 10 heteroatoms. The Balaban J connectivity index is 1.31. The fraction of sp³-hybridized carbons (Fsp3) is 0.882. The average molecular weight is 856 g/mol. The van der Waals surface area contributed by atoms with Crippen LogP contribution in [0.4, 0.5) is 9.59 Å². The lowest BCUT2D eigenvalue weighted by atomic mass is 9.47. The van der Waals surface area contributed by atoms with Crippen LogP contribution >= 0.6 is 0 Å². The number of nitrogens with one attached hydrogen (secondary N) is 2. The third kappa shape index (κ3) is 14.1. The number of nitrogens with zero attached hydrogens (tertiary/aromatic N) is 1. The number of ether oxygens (including phenoxy) is 3. The molecule has 0 aromatic rings. The van der Waals surface area contributed by atoms with Gasteiger partial charge < -0.3 is 29.7 Å². The minimum absolute atomic E-state index is 0.0146. The van der Waals surface area contributed by atoms with Crippen LogP contribution in [0.3, 0.4) is 0 Å². The van der Waals surface area contributed by atoms with Crippen LogP contribution in [0.25, 0.3) is 0 Å². The second kappa shape index (κ2) is 21.3. The second-order valence-corrected chi connectivity index (χ2v) is 22.9. The Kier molecular flexibility index (Phi) is 17.7. The van der Waals surface area contributed by atoms with Crippen molar-refractivity contribution < 1.29 is 33.4 Å². The molecule has 0 spiro atoms. The maximum absolute atomic E-state index is 13.7. The highest BCUT2D eigenvalue weighted by Crippen LogP contribution is 2.67. The van der Waals surface area contributed by atoms with E-state index >= 15 is 0 Å². The quantitative estimate of drug-likeness (QED) is 0.0799. The topological polar surface area (TPSA) is 123 Å². The number of amides is 3. The van der Waals surface area contributed by atoms with Gasteiger partial charge in [0.25, 0.3) is 0 Å². The molecule has 3 fully saturated rings. The van der Waals surface area contributed by atoms with E-state index in [-0.39, 0.29) is 48.3 Å². The van der Waals surface area contributed by atoms with Crippen molar-refractivity contribution in [3.05, 3.63) is 11.6 Å². The number of rotatable bonds is 18. The molecule has 10 nitrogen and oxygen atoms in total. The van der Waals surface area contributed by atoms with Crippen molar-refractivity contribution in [2.24, 2.45) is 52.3 Å². The van der Waals surface area contributed by atoms with E-state index in [1.807, 2.05) is 55.4 Å². The maximum atomic E-state index is 13.7. The van der Waals surface area contributed by atoms with Gasteiger partial charge in [0.05, 0.1) is 6.42 Å². The monoisotopic (exact) mass is 856 g/mol. The molecule has 11 atom stereocenters. The van der Waals surface area contributed by atoms with Gasteiger partial charge in [-0.15, -0.1) is 0 Å². The molecule has 0 bridgehead atoms. The molecule has 61 heavy (non-hydrogen) atoms. The van der Waals surface area contributed by atoms with E-state index in [0.29, 0.717) is 37.3 Å². The molecule has 4 rings (SSSR count). The lowest BCUT2D eigenvalue weighted by molar-refractivity contribution is -0.153. The van der Waals surface area contributed by atoms with Crippen molar-refractivity contribution in [3.8, 4) is 0 Å². The van der Waals surface area contributed by atoms with Crippen molar-refractivity contribution in [3.63, 3.8) is 0 Å². The van der Waals surface area contributed by atoms with E-state index < -0.39 is 23.4 Å². The average Bonchev–Trinajstić information content (AvgIpc) is 3.49. The fourth-order valence-electron chi connectivity index (χ4n) is 12.2. The van der Waals surface area contributed by atoms with Crippen molar-refractivity contribution in [1.29, 1.82) is 0 Å². The molecule has 0 aromatic heterocycles. The highest BCUT2D eigenvalue weighted by Gasteiger charge is 2.59. The minimum atomic E-state index is -0.618. The summed E-state index contributed by atoms with van der Waals surface area (Å²) in [7, 11) is 0. The van der Waals surface area contributed by atoms with E-state index in [4.69, 9.17) is 14.2 Å². The number of hydrogen-bond donors (Lipinski definition) is 2. The van der Waals surface area contributed by atoms with Gasteiger partial charge in [0.15, 0.2) is 0 Å². The molecule has 4 unspecified atom stereocenters. The van der Waals surface area contributed by atoms with Gasteiger partial charge in [0.1, 0.15) is 17.3 Å². The summed E-state index contributed by atoms with van der Waals surface area (Å²) < 4.78 is 17.0. The van der Waals surface area contributed by atoms with Gasteiger partial charge >= 0.3 is 18.2 Å². The lowest BCUT2D eigenvalue weighted by Crippen LogP contribution is -2.51. The Hall–Kier alpha value is -2.78. The predicted molar refractivity (Wildman–Crippen MR) is 245 cm³/mol. The number of carbonyl (C=O) groups is 4. The lowest BCUT2D eigenvalue weighted by Gasteiger charge is -2.58. The van der Waals surface area contributed by atoms with Crippen LogP contribution in [0.5, 0.6) is 0 Å². The SMILES string of the molecule is CCC(CCC(C)[C@H]1CC[C@H]2[C@@H]3CC=C4C[C@@H](OC(=O)CCC(=O)N(CCC(C)NC(=O)OC(C)(C)C)CCC(C)NC(=O)OC(C)(C)C)CC[C@]4(C)[C@H]3CC[C@]12C)C(C)C. The summed E-state index contributed by atoms with van der Waals surface area (Å²) >= 11 is 0. The summed E-state index contributed by atoms with van der Waals surface area (Å²) in [6, 6.07) is -0.493. The van der Waals surface area contributed by atoms with Crippen LogP contribution in [0, 0.1) is 52.3 Å². The summed E-state index contributed by atoms with van der Waals surface area (Å²) in [5.74, 6) is 5.03. The predicted octanol–water partition coefficient (Wildman–Crippen LogP) is 11.8. The van der Waals surface area contributed by atoms with Crippen molar-refractivity contribution in [1.82, 2.24) is 15.5 Å². The first kappa shape index (κ1) is 50.9. The molecular weight excluding hydrogens is 767 g/mol. The van der Waals surface area contributed by atoms with Crippen LogP contribution in [0.2, 0.25) is 0 Å². The van der Waals surface area contributed by atoms with Crippen molar-refractivity contribution >= 4 is 24.1 Å². The van der Waals surface area contributed by atoms with Gasteiger partial charge in [-0.3, -0.25) is 9.59 Å². The molecule has 4 aliphatic carbocycles. The van der Waals surface area contributed by atoms with Gasteiger partial charge in [-0.05, 0) is 172 Å². The van der Waals surface area contributed by atoms with Gasteiger partial charge in [-0.25, -0.2) is 9.59 Å². The van der Waals surface area contributed by atoms with Crippen LogP contribution in [0.15, 0.2) is 11.6 Å². The fourth-order valence-corrected chi connectivity index (χ4v) is 12.2. The molecule has 4 aliphatic rings.